The summed E-state index contributed by atoms with van der Waals surface area (Å²) in [7, 11) is 0. The molecule has 0 aliphatic rings. The first-order chi connectivity index (χ1) is 14.5. The molecule has 0 fully saturated rings. The molecule has 0 aliphatic heterocycles. The van der Waals surface area contributed by atoms with Gasteiger partial charge in [-0.2, -0.15) is 0 Å². The van der Waals surface area contributed by atoms with Crippen LogP contribution in [0, 0.1) is 0 Å². The predicted molar refractivity (Wildman–Crippen MR) is 116 cm³/mol. The molecule has 30 heavy (non-hydrogen) atoms. The number of carbonyl (C=O) groups excluding carboxylic acids is 2. The fourth-order valence-corrected chi connectivity index (χ4v) is 2.89. The van der Waals surface area contributed by atoms with Gasteiger partial charge in [0.05, 0.1) is 0 Å². The molecule has 0 aliphatic carbocycles. The van der Waals surface area contributed by atoms with Crippen LogP contribution in [0.5, 0.6) is 11.5 Å². The number of hydrazine groups is 1. The summed E-state index contributed by atoms with van der Waals surface area (Å²) in [6.07, 6.45) is -0.624. The summed E-state index contributed by atoms with van der Waals surface area (Å²) in [6, 6.07) is 21.1. The molecule has 3 rings (SSSR count). The third kappa shape index (κ3) is 5.50. The molecular formula is C24H26N2O4. The van der Waals surface area contributed by atoms with E-state index in [1.165, 1.54) is 5.56 Å². The van der Waals surface area contributed by atoms with E-state index in [1.807, 2.05) is 66.7 Å². The monoisotopic (exact) mass is 406 g/mol. The van der Waals surface area contributed by atoms with E-state index in [9.17, 15) is 9.59 Å². The standard InChI is InChI=1S/C24H26N2O4/c1-4-18-9-12-21(13-10-18)29-16(2)23(27)25-26-24(28)17(3)30-22-14-11-19-7-5-6-8-20(19)15-22/h5-17H,4H2,1-3H3,(H,25,27)(H,26,28)/t16-,17+/m1/s1. The number of nitrogens with one attached hydrogen (secondary N) is 2. The van der Waals surface area contributed by atoms with Crippen LogP contribution >= 0.6 is 0 Å². The van der Waals surface area contributed by atoms with Crippen molar-refractivity contribution in [1.29, 1.82) is 0 Å². The van der Waals surface area contributed by atoms with Crippen molar-refractivity contribution >= 4 is 22.6 Å². The highest BCUT2D eigenvalue weighted by Crippen LogP contribution is 2.21. The van der Waals surface area contributed by atoms with E-state index in [2.05, 4.69) is 17.8 Å². The number of aryl methyl sites for hydroxylation is 1. The Hall–Kier alpha value is -3.54. The second kappa shape index (κ2) is 9.78. The number of rotatable bonds is 7. The minimum Gasteiger partial charge on any atom is -0.481 e. The zero-order chi connectivity index (χ0) is 21.5. The number of amides is 2. The van der Waals surface area contributed by atoms with E-state index in [0.29, 0.717) is 11.5 Å². The van der Waals surface area contributed by atoms with E-state index in [4.69, 9.17) is 9.47 Å². The molecule has 3 aromatic carbocycles. The van der Waals surface area contributed by atoms with Crippen LogP contribution in [0.25, 0.3) is 10.8 Å². The zero-order valence-electron chi connectivity index (χ0n) is 17.3. The van der Waals surface area contributed by atoms with Gasteiger partial charge in [0.1, 0.15) is 11.5 Å². The SMILES string of the molecule is CCc1ccc(O[C@H](C)C(=O)NNC(=O)[C@H](C)Oc2ccc3ccccc3c2)cc1. The van der Waals surface area contributed by atoms with E-state index in [-0.39, 0.29) is 0 Å². The summed E-state index contributed by atoms with van der Waals surface area (Å²) in [5, 5.41) is 2.11. The lowest BCUT2D eigenvalue weighted by molar-refractivity contribution is -0.135. The van der Waals surface area contributed by atoms with Gasteiger partial charge in [-0.15, -0.1) is 0 Å². The number of ether oxygens (including phenoxy) is 2. The van der Waals surface area contributed by atoms with Crippen molar-refractivity contribution in [2.45, 2.75) is 39.4 Å². The first kappa shape index (κ1) is 21.2. The number of hydrogen-bond donors (Lipinski definition) is 2. The van der Waals surface area contributed by atoms with E-state index >= 15 is 0 Å². The molecular weight excluding hydrogens is 380 g/mol. The maximum atomic E-state index is 12.3. The van der Waals surface area contributed by atoms with Gasteiger partial charge < -0.3 is 9.47 Å². The van der Waals surface area contributed by atoms with Crippen molar-refractivity contribution in [3.8, 4) is 11.5 Å². The molecule has 0 bridgehead atoms. The smallest absolute Gasteiger partial charge is 0.279 e. The summed E-state index contributed by atoms with van der Waals surface area (Å²) < 4.78 is 11.3. The maximum Gasteiger partial charge on any atom is 0.279 e. The van der Waals surface area contributed by atoms with Crippen LogP contribution in [-0.2, 0) is 16.0 Å². The Morgan fingerprint density at radius 2 is 1.30 bits per heavy atom. The highest BCUT2D eigenvalue weighted by atomic mass is 16.5. The Balaban J connectivity index is 1.48. The molecule has 6 heteroatoms. The van der Waals surface area contributed by atoms with Crippen molar-refractivity contribution in [2.75, 3.05) is 0 Å². The number of hydrogen-bond acceptors (Lipinski definition) is 4. The first-order valence-corrected chi connectivity index (χ1v) is 9.97. The lowest BCUT2D eigenvalue weighted by Gasteiger charge is -2.18. The maximum absolute atomic E-state index is 12.3. The van der Waals surface area contributed by atoms with Crippen LogP contribution < -0.4 is 20.3 Å². The molecule has 2 atom stereocenters. The van der Waals surface area contributed by atoms with Crippen molar-refractivity contribution in [3.63, 3.8) is 0 Å². The van der Waals surface area contributed by atoms with Crippen molar-refractivity contribution in [2.24, 2.45) is 0 Å². The Bertz CT molecular complexity index is 1020. The van der Waals surface area contributed by atoms with Crippen molar-refractivity contribution < 1.29 is 19.1 Å². The van der Waals surface area contributed by atoms with Gasteiger partial charge in [0.15, 0.2) is 12.2 Å². The van der Waals surface area contributed by atoms with Crippen LogP contribution in [0.4, 0.5) is 0 Å². The minimum absolute atomic E-state index is 0.458. The molecule has 0 unspecified atom stereocenters. The molecule has 2 amide bonds. The van der Waals surface area contributed by atoms with Gasteiger partial charge in [-0.3, -0.25) is 20.4 Å². The summed E-state index contributed by atoms with van der Waals surface area (Å²) in [4.78, 5) is 24.5. The van der Waals surface area contributed by atoms with Gasteiger partial charge >= 0.3 is 0 Å². The normalized spacial score (nSPS) is 12.6. The van der Waals surface area contributed by atoms with Gasteiger partial charge in [-0.1, -0.05) is 49.4 Å². The van der Waals surface area contributed by atoms with Crippen LogP contribution in [0.1, 0.15) is 26.3 Å². The van der Waals surface area contributed by atoms with E-state index in [0.717, 1.165) is 17.2 Å². The zero-order valence-corrected chi connectivity index (χ0v) is 17.3. The molecule has 2 N–H and O–H groups in total. The molecule has 0 spiro atoms. The Morgan fingerprint density at radius 1 is 0.767 bits per heavy atom. The summed E-state index contributed by atoms with van der Waals surface area (Å²) in [5.74, 6) is 0.251. The minimum atomic E-state index is -0.788. The van der Waals surface area contributed by atoms with Gasteiger partial charge in [0, 0.05) is 0 Å². The van der Waals surface area contributed by atoms with Gasteiger partial charge in [0.2, 0.25) is 0 Å². The topological polar surface area (TPSA) is 76.7 Å². The molecule has 3 aromatic rings. The number of carbonyl (C=O) groups is 2. The highest BCUT2D eigenvalue weighted by molar-refractivity contribution is 5.87. The Kier molecular flexibility index (Phi) is 6.91. The lowest BCUT2D eigenvalue weighted by Crippen LogP contribution is -2.50. The van der Waals surface area contributed by atoms with Gasteiger partial charge in [-0.25, -0.2) is 0 Å². The molecule has 0 aromatic heterocycles. The molecule has 0 saturated carbocycles. The third-order valence-electron chi connectivity index (χ3n) is 4.73. The number of fused-ring (bicyclic) bond motifs is 1. The average molecular weight is 406 g/mol. The van der Waals surface area contributed by atoms with Crippen molar-refractivity contribution in [3.05, 3.63) is 72.3 Å². The summed E-state index contributed by atoms with van der Waals surface area (Å²) in [6.45, 7) is 5.30. The van der Waals surface area contributed by atoms with Gasteiger partial charge in [-0.05, 0) is 60.9 Å². The highest BCUT2D eigenvalue weighted by Gasteiger charge is 2.19. The predicted octanol–water partition coefficient (Wildman–Crippen LogP) is 3.78. The number of benzene rings is 3. The molecule has 156 valence electrons. The fraction of sp³-hybridized carbons (Fsp3) is 0.250. The fourth-order valence-electron chi connectivity index (χ4n) is 2.89. The largest absolute Gasteiger partial charge is 0.481 e. The molecule has 0 heterocycles. The van der Waals surface area contributed by atoms with Crippen molar-refractivity contribution in [1.82, 2.24) is 10.9 Å². The Labute approximate surface area is 176 Å². The van der Waals surface area contributed by atoms with E-state index < -0.39 is 24.0 Å². The van der Waals surface area contributed by atoms with Crippen LogP contribution in [0.2, 0.25) is 0 Å². The van der Waals surface area contributed by atoms with Crippen LogP contribution in [-0.4, -0.2) is 24.0 Å². The second-order valence-electron chi connectivity index (χ2n) is 7.01. The molecule has 6 nitrogen and oxygen atoms in total. The third-order valence-corrected chi connectivity index (χ3v) is 4.73. The molecule has 0 saturated heterocycles. The quantitative estimate of drug-likeness (QED) is 0.586. The first-order valence-electron chi connectivity index (χ1n) is 9.97. The second-order valence-corrected chi connectivity index (χ2v) is 7.01. The lowest BCUT2D eigenvalue weighted by atomic mass is 10.1. The van der Waals surface area contributed by atoms with Crippen LogP contribution in [0.3, 0.4) is 0 Å². The van der Waals surface area contributed by atoms with Gasteiger partial charge in [0.25, 0.3) is 11.8 Å². The summed E-state index contributed by atoms with van der Waals surface area (Å²) in [5.41, 5.74) is 5.95. The Morgan fingerprint density at radius 3 is 1.90 bits per heavy atom. The summed E-state index contributed by atoms with van der Waals surface area (Å²) >= 11 is 0. The molecule has 0 radical (unpaired) electrons. The average Bonchev–Trinajstić information content (AvgIpc) is 2.77. The van der Waals surface area contributed by atoms with Crippen LogP contribution in [0.15, 0.2) is 66.7 Å². The van der Waals surface area contributed by atoms with E-state index in [1.54, 1.807) is 13.8 Å².